The zero-order chi connectivity index (χ0) is 26.1. The van der Waals surface area contributed by atoms with Crippen molar-refractivity contribution in [3.8, 4) is 0 Å². The lowest BCUT2D eigenvalue weighted by atomic mass is 10.1. The summed E-state index contributed by atoms with van der Waals surface area (Å²) in [4.78, 5) is 29.1. The van der Waals surface area contributed by atoms with Crippen molar-refractivity contribution in [2.24, 2.45) is 0 Å². The van der Waals surface area contributed by atoms with E-state index in [4.69, 9.17) is 14.5 Å². The topological polar surface area (TPSA) is 163 Å². The van der Waals surface area contributed by atoms with Crippen molar-refractivity contribution >= 4 is 13.8 Å². The maximum atomic E-state index is 11.6. The van der Waals surface area contributed by atoms with Crippen LogP contribution in [0.3, 0.4) is 0 Å². The summed E-state index contributed by atoms with van der Waals surface area (Å²) < 4.78 is 24.7. The molecule has 0 spiro atoms. The second kappa shape index (κ2) is 17.5. The highest BCUT2D eigenvalue weighted by Gasteiger charge is 2.45. The maximum Gasteiger partial charge on any atom is 0.525 e. The Balaban J connectivity index is 2.10. The van der Waals surface area contributed by atoms with Gasteiger partial charge in [-0.3, -0.25) is 9.79 Å². The lowest BCUT2D eigenvalue weighted by Gasteiger charge is -2.22. The van der Waals surface area contributed by atoms with Crippen LogP contribution in [-0.4, -0.2) is 56.2 Å². The molecule has 0 aromatic rings. The third-order valence-electron chi connectivity index (χ3n) is 5.07. The van der Waals surface area contributed by atoms with Crippen molar-refractivity contribution in [1.29, 1.82) is 0 Å². The Hall–Kier alpha value is -1.94. The highest BCUT2D eigenvalue weighted by atomic mass is 31.2. The van der Waals surface area contributed by atoms with Gasteiger partial charge in [-0.15, -0.1) is 0 Å². The van der Waals surface area contributed by atoms with Gasteiger partial charge in [0.2, 0.25) is 0 Å². The second-order valence-electron chi connectivity index (χ2n) is 8.08. The first-order valence-electron chi connectivity index (χ1n) is 12.0. The van der Waals surface area contributed by atoms with Crippen LogP contribution in [0.4, 0.5) is 0 Å². The van der Waals surface area contributed by atoms with E-state index in [-0.39, 0.29) is 6.61 Å². The van der Waals surface area contributed by atoms with Crippen LogP contribution in [0.1, 0.15) is 71.1 Å². The average molecular weight is 519 g/mol. The SMILES string of the molecule is CC/C=C\C/C=C\C/C=C\CCCCCCCCOC(O)[C@H](O)[C@H]1OC(=O)C(OP(=O)(O)O)=C1O. The van der Waals surface area contributed by atoms with Crippen molar-refractivity contribution in [1.82, 2.24) is 0 Å². The molecule has 35 heavy (non-hydrogen) atoms. The van der Waals surface area contributed by atoms with Crippen LogP contribution in [-0.2, 0) is 23.4 Å². The number of ether oxygens (including phenoxy) is 2. The minimum absolute atomic E-state index is 0.139. The van der Waals surface area contributed by atoms with E-state index in [1.165, 1.54) is 0 Å². The number of unbranched alkanes of at least 4 members (excludes halogenated alkanes) is 6. The molecule has 1 heterocycles. The van der Waals surface area contributed by atoms with Gasteiger partial charge in [-0.05, 0) is 38.5 Å². The number of hydrogen-bond acceptors (Lipinski definition) is 8. The average Bonchev–Trinajstić information content (AvgIpc) is 3.07. The van der Waals surface area contributed by atoms with Gasteiger partial charge in [0.15, 0.2) is 18.2 Å². The molecule has 1 rings (SSSR count). The van der Waals surface area contributed by atoms with E-state index in [0.717, 1.165) is 57.8 Å². The van der Waals surface area contributed by atoms with Crippen LogP contribution in [0.25, 0.3) is 0 Å². The standard InChI is InChI=1S/C24H39O10P/c1-2-3-4-5-6-7-8-9-10-11-12-13-14-15-16-17-18-32-23(27)20(26)21-19(25)22(24(28)33-21)34-35(29,30)31/h3-4,6-7,9-10,20-21,23,25-27H,2,5,8,11-18H2,1H3,(H2,29,30,31)/b4-3-,7-6-,10-9-/t20-,21+,23?/m1/s1. The molecule has 3 atom stereocenters. The molecule has 0 aliphatic carbocycles. The number of aliphatic hydroxyl groups is 3. The molecule has 0 aromatic heterocycles. The molecule has 0 fully saturated rings. The van der Waals surface area contributed by atoms with Gasteiger partial charge in [0, 0.05) is 6.61 Å². The number of carbonyl (C=O) groups is 1. The Labute approximate surface area is 206 Å². The fourth-order valence-electron chi connectivity index (χ4n) is 3.24. The van der Waals surface area contributed by atoms with Gasteiger partial charge in [-0.1, -0.05) is 69.1 Å². The lowest BCUT2D eigenvalue weighted by Crippen LogP contribution is -2.40. The van der Waals surface area contributed by atoms with E-state index in [1.807, 2.05) is 0 Å². The highest BCUT2D eigenvalue weighted by Crippen LogP contribution is 2.42. The van der Waals surface area contributed by atoms with Gasteiger partial charge >= 0.3 is 13.8 Å². The van der Waals surface area contributed by atoms with E-state index < -0.39 is 43.8 Å². The molecule has 0 bridgehead atoms. The fourth-order valence-corrected chi connectivity index (χ4v) is 3.65. The number of rotatable bonds is 19. The number of hydrogen-bond donors (Lipinski definition) is 5. The molecule has 0 aromatic carbocycles. The number of cyclic esters (lactones) is 1. The van der Waals surface area contributed by atoms with Crippen LogP contribution in [0.5, 0.6) is 0 Å². The molecule has 5 N–H and O–H groups in total. The van der Waals surface area contributed by atoms with Crippen LogP contribution in [0.2, 0.25) is 0 Å². The Bertz CT molecular complexity index is 783. The minimum atomic E-state index is -5.12. The molecular weight excluding hydrogens is 479 g/mol. The number of carbonyl (C=O) groups excluding carboxylic acids is 1. The smallest absolute Gasteiger partial charge is 0.505 e. The third-order valence-corrected chi connectivity index (χ3v) is 5.49. The molecule has 10 nitrogen and oxygen atoms in total. The second-order valence-corrected chi connectivity index (χ2v) is 9.24. The van der Waals surface area contributed by atoms with E-state index in [1.54, 1.807) is 0 Å². The van der Waals surface area contributed by atoms with Crippen LogP contribution in [0, 0.1) is 0 Å². The maximum absolute atomic E-state index is 11.6. The van der Waals surface area contributed by atoms with Crippen LogP contribution >= 0.6 is 7.82 Å². The summed E-state index contributed by atoms with van der Waals surface area (Å²) in [5, 5.41) is 29.8. The molecule has 0 amide bonds. The van der Waals surface area contributed by atoms with E-state index in [0.29, 0.717) is 6.42 Å². The first-order valence-corrected chi connectivity index (χ1v) is 13.5. The normalized spacial score (nSPS) is 18.8. The van der Waals surface area contributed by atoms with Gasteiger partial charge in [-0.25, -0.2) is 9.36 Å². The summed E-state index contributed by atoms with van der Waals surface area (Å²) in [7, 11) is -5.12. The Morgan fingerprint density at radius 2 is 1.51 bits per heavy atom. The lowest BCUT2D eigenvalue weighted by molar-refractivity contribution is -0.193. The van der Waals surface area contributed by atoms with E-state index in [2.05, 4.69) is 52.6 Å². The Morgan fingerprint density at radius 3 is 2.14 bits per heavy atom. The quantitative estimate of drug-likeness (QED) is 0.0553. The van der Waals surface area contributed by atoms with Crippen molar-refractivity contribution < 1.29 is 48.5 Å². The highest BCUT2D eigenvalue weighted by molar-refractivity contribution is 7.46. The number of allylic oxidation sites excluding steroid dienone is 6. The number of phosphoric ester groups is 1. The van der Waals surface area contributed by atoms with Crippen molar-refractivity contribution in [3.63, 3.8) is 0 Å². The molecule has 0 saturated heterocycles. The fraction of sp³-hybridized carbons (Fsp3) is 0.625. The number of phosphoric acid groups is 1. The molecular formula is C24H39O10P. The Kier molecular flexibility index (Phi) is 15.5. The Morgan fingerprint density at radius 1 is 0.943 bits per heavy atom. The summed E-state index contributed by atoms with van der Waals surface area (Å²) >= 11 is 0. The summed E-state index contributed by atoms with van der Waals surface area (Å²) in [6.45, 7) is 2.26. The van der Waals surface area contributed by atoms with E-state index >= 15 is 0 Å². The zero-order valence-electron chi connectivity index (χ0n) is 20.2. The monoisotopic (exact) mass is 518 g/mol. The van der Waals surface area contributed by atoms with Crippen molar-refractivity contribution in [2.75, 3.05) is 6.61 Å². The molecule has 1 aliphatic heterocycles. The largest absolute Gasteiger partial charge is 0.525 e. The minimum Gasteiger partial charge on any atom is -0.505 e. The van der Waals surface area contributed by atoms with E-state index in [9.17, 15) is 24.7 Å². The molecule has 0 radical (unpaired) electrons. The first-order chi connectivity index (χ1) is 16.7. The molecule has 1 aliphatic rings. The predicted molar refractivity (Wildman–Crippen MR) is 130 cm³/mol. The van der Waals surface area contributed by atoms with Gasteiger partial charge in [0.05, 0.1) is 0 Å². The van der Waals surface area contributed by atoms with Crippen molar-refractivity contribution in [2.45, 2.75) is 89.6 Å². The number of esters is 1. The van der Waals surface area contributed by atoms with Crippen molar-refractivity contribution in [3.05, 3.63) is 48.0 Å². The summed E-state index contributed by atoms with van der Waals surface area (Å²) in [5.41, 5.74) is 0. The molecule has 1 unspecified atom stereocenters. The summed E-state index contributed by atoms with van der Waals surface area (Å²) in [6, 6.07) is 0. The summed E-state index contributed by atoms with van der Waals surface area (Å²) in [5.74, 6) is -3.51. The molecule has 0 saturated carbocycles. The predicted octanol–water partition coefficient (Wildman–Crippen LogP) is 4.08. The van der Waals surface area contributed by atoms with Crippen LogP contribution in [0.15, 0.2) is 48.0 Å². The summed E-state index contributed by atoms with van der Waals surface area (Å²) in [6.07, 6.45) is 17.6. The van der Waals surface area contributed by atoms with Gasteiger partial charge in [0.25, 0.3) is 5.76 Å². The van der Waals surface area contributed by atoms with Gasteiger partial charge in [0.1, 0.15) is 6.10 Å². The first kappa shape index (κ1) is 31.1. The zero-order valence-corrected chi connectivity index (χ0v) is 21.1. The van der Waals surface area contributed by atoms with Gasteiger partial charge in [-0.2, -0.15) is 0 Å². The van der Waals surface area contributed by atoms with Crippen LogP contribution < -0.4 is 0 Å². The van der Waals surface area contributed by atoms with Gasteiger partial charge < -0.3 is 29.3 Å². The third kappa shape index (κ3) is 13.7. The molecule has 11 heteroatoms. The number of aliphatic hydroxyl groups excluding tert-OH is 3. The molecule has 200 valence electrons.